The lowest BCUT2D eigenvalue weighted by Gasteiger charge is -2.40. The molecular weight excluding hydrogens is 296 g/mol. The first-order valence-electron chi connectivity index (χ1n) is 6.78. The van der Waals surface area contributed by atoms with Crippen LogP contribution in [0.4, 0.5) is 5.69 Å². The molecule has 1 saturated heterocycles. The Morgan fingerprint density at radius 2 is 2.33 bits per heavy atom. The van der Waals surface area contributed by atoms with Crippen LogP contribution in [0, 0.1) is 10.1 Å². The number of aromatic nitrogens is 1. The number of carbonyl (C=O) groups is 1. The molecule has 2 rings (SSSR count). The van der Waals surface area contributed by atoms with Gasteiger partial charge in [0.2, 0.25) is 0 Å². The molecule has 1 fully saturated rings. The highest BCUT2D eigenvalue weighted by molar-refractivity contribution is 6.32. The fraction of sp³-hybridized carbons (Fsp3) is 0.538. The maximum Gasteiger partial charge on any atom is 0.288 e. The number of carbonyl (C=O) groups excluding carboxylic acids is 1. The predicted molar refractivity (Wildman–Crippen MR) is 78.2 cm³/mol. The van der Waals surface area contributed by atoms with E-state index in [4.69, 9.17) is 17.3 Å². The quantitative estimate of drug-likeness (QED) is 0.522. The van der Waals surface area contributed by atoms with Crippen molar-refractivity contribution in [1.29, 1.82) is 0 Å². The summed E-state index contributed by atoms with van der Waals surface area (Å²) in [5.74, 6) is -0.348. The number of halogens is 1. The number of pyridine rings is 1. The van der Waals surface area contributed by atoms with E-state index in [2.05, 4.69) is 4.98 Å². The molecule has 7 nitrogen and oxygen atoms in total. The van der Waals surface area contributed by atoms with Crippen molar-refractivity contribution < 1.29 is 9.72 Å². The van der Waals surface area contributed by atoms with E-state index in [0.29, 0.717) is 6.54 Å². The van der Waals surface area contributed by atoms with Crippen LogP contribution >= 0.6 is 11.6 Å². The Morgan fingerprint density at radius 3 is 2.95 bits per heavy atom. The van der Waals surface area contributed by atoms with E-state index < -0.39 is 4.92 Å². The first-order valence-corrected chi connectivity index (χ1v) is 7.16. The number of nitrogens with zero attached hydrogens (tertiary/aromatic N) is 3. The summed E-state index contributed by atoms with van der Waals surface area (Å²) in [7, 11) is 0. The van der Waals surface area contributed by atoms with Crippen molar-refractivity contribution in [3.63, 3.8) is 0 Å². The molecule has 0 bridgehead atoms. The third-order valence-corrected chi connectivity index (χ3v) is 4.10. The van der Waals surface area contributed by atoms with Gasteiger partial charge in [-0.25, -0.2) is 4.98 Å². The lowest BCUT2D eigenvalue weighted by atomic mass is 9.95. The van der Waals surface area contributed by atoms with Crippen molar-refractivity contribution in [1.82, 2.24) is 9.88 Å². The molecule has 0 saturated carbocycles. The minimum absolute atomic E-state index is 0.0233. The van der Waals surface area contributed by atoms with Gasteiger partial charge in [-0.3, -0.25) is 14.9 Å². The SMILES string of the molecule is CC1CCCC(CN)N1C(=O)c1cc([N+](=O)[O-])cnc1Cl. The zero-order valence-corrected chi connectivity index (χ0v) is 12.4. The monoisotopic (exact) mass is 312 g/mol. The Balaban J connectivity index is 2.38. The van der Waals surface area contributed by atoms with Crippen molar-refractivity contribution in [2.24, 2.45) is 5.73 Å². The van der Waals surface area contributed by atoms with Crippen LogP contribution < -0.4 is 5.73 Å². The maximum absolute atomic E-state index is 12.7. The second kappa shape index (κ2) is 6.36. The molecule has 2 heterocycles. The summed E-state index contributed by atoms with van der Waals surface area (Å²) in [5.41, 5.74) is 5.54. The lowest BCUT2D eigenvalue weighted by Crippen LogP contribution is -2.51. The molecule has 1 amide bonds. The minimum Gasteiger partial charge on any atom is -0.332 e. The number of hydrogen-bond acceptors (Lipinski definition) is 5. The molecule has 0 radical (unpaired) electrons. The van der Waals surface area contributed by atoms with Crippen LogP contribution in [0.1, 0.15) is 36.5 Å². The van der Waals surface area contributed by atoms with E-state index in [9.17, 15) is 14.9 Å². The Labute approximate surface area is 127 Å². The normalized spacial score (nSPS) is 22.1. The van der Waals surface area contributed by atoms with E-state index in [-0.39, 0.29) is 34.4 Å². The fourth-order valence-corrected chi connectivity index (χ4v) is 2.89. The summed E-state index contributed by atoms with van der Waals surface area (Å²) in [6.07, 6.45) is 3.75. The second-order valence-corrected chi connectivity index (χ2v) is 5.53. The number of nitro groups is 1. The summed E-state index contributed by atoms with van der Waals surface area (Å²) in [6, 6.07) is 1.12. The van der Waals surface area contributed by atoms with Crippen LogP contribution in [0.5, 0.6) is 0 Å². The lowest BCUT2D eigenvalue weighted by molar-refractivity contribution is -0.385. The fourth-order valence-electron chi connectivity index (χ4n) is 2.71. The van der Waals surface area contributed by atoms with E-state index >= 15 is 0 Å². The number of amides is 1. The van der Waals surface area contributed by atoms with Gasteiger partial charge < -0.3 is 10.6 Å². The number of piperidine rings is 1. The zero-order chi connectivity index (χ0) is 15.6. The molecule has 2 atom stereocenters. The Bertz CT molecular complexity index is 566. The highest BCUT2D eigenvalue weighted by atomic mass is 35.5. The molecule has 1 aromatic heterocycles. The molecule has 21 heavy (non-hydrogen) atoms. The number of rotatable bonds is 3. The summed E-state index contributed by atoms with van der Waals surface area (Å²) in [5, 5.41) is 10.8. The van der Waals surface area contributed by atoms with Gasteiger partial charge in [0.25, 0.3) is 11.6 Å². The molecule has 1 aliphatic rings. The van der Waals surface area contributed by atoms with Crippen LogP contribution in [0.2, 0.25) is 5.15 Å². The maximum atomic E-state index is 12.7. The number of nitrogens with two attached hydrogens (primary N) is 1. The molecule has 2 N–H and O–H groups in total. The standard InChI is InChI=1S/C13H17ClN4O3/c1-8-3-2-4-9(6-15)17(8)13(19)11-5-10(18(20)21)7-16-12(11)14/h5,7-9H,2-4,6,15H2,1H3. The smallest absolute Gasteiger partial charge is 0.288 e. The Hall–Kier alpha value is -1.73. The average molecular weight is 313 g/mol. The molecule has 0 spiro atoms. The van der Waals surface area contributed by atoms with Gasteiger partial charge in [-0.05, 0) is 26.2 Å². The molecule has 1 aliphatic heterocycles. The molecule has 114 valence electrons. The van der Waals surface area contributed by atoms with E-state index in [1.807, 2.05) is 6.92 Å². The molecule has 8 heteroatoms. The predicted octanol–water partition coefficient (Wildman–Crippen LogP) is 1.99. The summed E-state index contributed by atoms with van der Waals surface area (Å²) in [6.45, 7) is 2.30. The van der Waals surface area contributed by atoms with Gasteiger partial charge in [0.05, 0.1) is 10.5 Å². The largest absolute Gasteiger partial charge is 0.332 e. The van der Waals surface area contributed by atoms with Gasteiger partial charge in [0.1, 0.15) is 11.3 Å². The van der Waals surface area contributed by atoms with E-state index in [0.717, 1.165) is 25.5 Å². The topological polar surface area (TPSA) is 102 Å². The first kappa shape index (κ1) is 15.7. The van der Waals surface area contributed by atoms with Crippen LogP contribution in [0.15, 0.2) is 12.3 Å². The third-order valence-electron chi connectivity index (χ3n) is 3.80. The van der Waals surface area contributed by atoms with Crippen molar-refractivity contribution in [3.05, 3.63) is 33.1 Å². The highest BCUT2D eigenvalue weighted by Crippen LogP contribution is 2.27. The molecule has 1 aromatic rings. The van der Waals surface area contributed by atoms with Crippen LogP contribution in [0.3, 0.4) is 0 Å². The van der Waals surface area contributed by atoms with E-state index in [1.54, 1.807) is 4.90 Å². The van der Waals surface area contributed by atoms with Crippen molar-refractivity contribution in [2.45, 2.75) is 38.3 Å². The Morgan fingerprint density at radius 1 is 1.62 bits per heavy atom. The minimum atomic E-state index is -0.597. The summed E-state index contributed by atoms with van der Waals surface area (Å²) < 4.78 is 0. The van der Waals surface area contributed by atoms with Gasteiger partial charge in [-0.15, -0.1) is 0 Å². The molecular formula is C13H17ClN4O3. The van der Waals surface area contributed by atoms with Crippen molar-refractivity contribution in [2.75, 3.05) is 6.54 Å². The highest BCUT2D eigenvalue weighted by Gasteiger charge is 2.33. The summed E-state index contributed by atoms with van der Waals surface area (Å²) >= 11 is 5.94. The molecule has 0 aliphatic carbocycles. The number of hydrogen-bond donors (Lipinski definition) is 1. The van der Waals surface area contributed by atoms with Crippen molar-refractivity contribution in [3.8, 4) is 0 Å². The zero-order valence-electron chi connectivity index (χ0n) is 11.7. The van der Waals surface area contributed by atoms with Gasteiger partial charge >= 0.3 is 0 Å². The van der Waals surface area contributed by atoms with Gasteiger partial charge in [-0.1, -0.05) is 11.6 Å². The van der Waals surface area contributed by atoms with Crippen molar-refractivity contribution >= 4 is 23.2 Å². The number of likely N-dealkylation sites (tertiary alicyclic amines) is 1. The van der Waals surface area contributed by atoms with Crippen LogP contribution in [0.25, 0.3) is 0 Å². The first-order chi connectivity index (χ1) is 9.95. The van der Waals surface area contributed by atoms with E-state index in [1.165, 1.54) is 6.07 Å². The Kier molecular flexibility index (Phi) is 4.74. The second-order valence-electron chi connectivity index (χ2n) is 5.17. The molecule has 2 unspecified atom stereocenters. The van der Waals surface area contributed by atoms with Gasteiger partial charge in [-0.2, -0.15) is 0 Å². The summed E-state index contributed by atoms with van der Waals surface area (Å²) in [4.78, 5) is 28.3. The van der Waals surface area contributed by atoms with Crippen LogP contribution in [-0.4, -0.2) is 39.3 Å². The van der Waals surface area contributed by atoms with Gasteiger partial charge in [0, 0.05) is 24.7 Å². The van der Waals surface area contributed by atoms with Crippen LogP contribution in [-0.2, 0) is 0 Å². The third kappa shape index (κ3) is 3.14. The van der Waals surface area contributed by atoms with Gasteiger partial charge in [0.15, 0.2) is 0 Å². The molecule has 0 aromatic carbocycles. The average Bonchev–Trinajstić information content (AvgIpc) is 2.46.